The first kappa shape index (κ1) is 39.2. The van der Waals surface area contributed by atoms with Crippen molar-refractivity contribution >= 4 is 28.5 Å². The van der Waals surface area contributed by atoms with Gasteiger partial charge in [-0.3, -0.25) is 14.4 Å². The second-order valence-electron chi connectivity index (χ2n) is 11.9. The molecule has 2 unspecified atom stereocenters. The number of hydroxylamine groups is 2. The fourth-order valence-electron chi connectivity index (χ4n) is 5.77. The lowest BCUT2D eigenvalue weighted by Gasteiger charge is -2.35. The SMILES string of the molecule is COc1c(N2CCC(C(=O)ON(C(C)O)C(C)O)CC2)c(F)cc2c(=O)c(C(=O)NCc3ccc(OC(F)(F)F)cc3C)cn(CC(F)(F)F)c12. The van der Waals surface area contributed by atoms with E-state index in [1.165, 1.54) is 31.7 Å². The number of nitrogens with zero attached hydrogens (tertiary/aromatic N) is 3. The molecule has 12 nitrogen and oxygen atoms in total. The molecule has 0 bridgehead atoms. The van der Waals surface area contributed by atoms with Crippen LogP contribution in [0.3, 0.4) is 0 Å². The van der Waals surface area contributed by atoms with Gasteiger partial charge in [-0.25, -0.2) is 4.39 Å². The van der Waals surface area contributed by atoms with Gasteiger partial charge in [0.1, 0.15) is 36.0 Å². The Morgan fingerprint density at radius 1 is 1.06 bits per heavy atom. The lowest BCUT2D eigenvalue weighted by atomic mass is 9.96. The summed E-state index contributed by atoms with van der Waals surface area (Å²) in [5.74, 6) is -4.64. The fourth-order valence-corrected chi connectivity index (χ4v) is 5.77. The molecule has 0 aliphatic carbocycles. The molecule has 3 aromatic rings. The topological polar surface area (TPSA) is 143 Å². The molecule has 1 saturated heterocycles. The number of aryl methyl sites for hydroxylation is 1. The van der Waals surface area contributed by atoms with Crippen molar-refractivity contribution in [3.8, 4) is 11.5 Å². The molecule has 1 aliphatic rings. The fraction of sp³-hybridized carbons (Fsp3) is 0.469. The van der Waals surface area contributed by atoms with Crippen molar-refractivity contribution in [3.05, 3.63) is 63.2 Å². The zero-order chi connectivity index (χ0) is 38.0. The highest BCUT2D eigenvalue weighted by Crippen LogP contribution is 2.40. The lowest BCUT2D eigenvalue weighted by molar-refractivity contribution is -0.279. The summed E-state index contributed by atoms with van der Waals surface area (Å²) in [6.07, 6.45) is -11.6. The van der Waals surface area contributed by atoms with Crippen LogP contribution in [-0.2, 0) is 22.7 Å². The van der Waals surface area contributed by atoms with Crippen molar-refractivity contribution in [3.63, 3.8) is 0 Å². The highest BCUT2D eigenvalue weighted by molar-refractivity contribution is 5.99. The third-order valence-electron chi connectivity index (χ3n) is 8.11. The Hall–Kier alpha value is -4.62. The summed E-state index contributed by atoms with van der Waals surface area (Å²) >= 11 is 0. The zero-order valence-electron chi connectivity index (χ0n) is 27.7. The first-order valence-corrected chi connectivity index (χ1v) is 15.5. The van der Waals surface area contributed by atoms with Crippen LogP contribution in [0.4, 0.5) is 36.4 Å². The summed E-state index contributed by atoms with van der Waals surface area (Å²) in [5.41, 5.74) is -2.03. The highest BCUT2D eigenvalue weighted by atomic mass is 19.4. The number of aromatic nitrogens is 1. The third kappa shape index (κ3) is 9.39. The number of carbonyl (C=O) groups excluding carboxylic acids is 2. The summed E-state index contributed by atoms with van der Waals surface area (Å²) in [7, 11) is 1.07. The minimum Gasteiger partial charge on any atom is -0.492 e. The number of hydrogen-bond acceptors (Lipinski definition) is 10. The molecule has 0 radical (unpaired) electrons. The standard InChI is InChI=1S/C32H35F7N4O8/c1-16-11-21(50-32(37,38)39)6-5-20(16)13-40-29(47)23-14-42(15-31(34,35)36)25-22(27(23)46)12-24(33)26(28(25)49-4)41-9-7-19(8-10-41)30(48)51-43(17(2)44)18(3)45/h5-6,11-12,14,17-19,44-45H,7-10,13,15H2,1-4H3,(H,40,47). The summed E-state index contributed by atoms with van der Waals surface area (Å²) in [6, 6.07) is 3.99. The summed E-state index contributed by atoms with van der Waals surface area (Å²) in [6.45, 7) is 1.93. The Bertz CT molecular complexity index is 1810. The maximum atomic E-state index is 15.9. The number of fused-ring (bicyclic) bond motifs is 1. The number of aliphatic hydroxyl groups excluding tert-OH is 2. The normalized spacial score (nSPS) is 15.5. The molecule has 280 valence electrons. The van der Waals surface area contributed by atoms with Crippen LogP contribution in [0.15, 0.2) is 35.3 Å². The van der Waals surface area contributed by atoms with Crippen LogP contribution in [0.25, 0.3) is 10.9 Å². The van der Waals surface area contributed by atoms with Crippen molar-refractivity contribution in [1.82, 2.24) is 14.9 Å². The number of amides is 1. The predicted octanol–water partition coefficient (Wildman–Crippen LogP) is 4.50. The molecule has 4 rings (SSSR count). The van der Waals surface area contributed by atoms with Crippen LogP contribution in [0.5, 0.6) is 11.5 Å². The number of pyridine rings is 1. The summed E-state index contributed by atoms with van der Waals surface area (Å²) < 4.78 is 105. The van der Waals surface area contributed by atoms with Gasteiger partial charge in [0.05, 0.1) is 23.9 Å². The molecule has 19 heteroatoms. The van der Waals surface area contributed by atoms with E-state index in [4.69, 9.17) is 9.57 Å². The Morgan fingerprint density at radius 2 is 1.69 bits per heavy atom. The van der Waals surface area contributed by atoms with Crippen molar-refractivity contribution in [2.24, 2.45) is 5.92 Å². The van der Waals surface area contributed by atoms with E-state index in [9.17, 15) is 50.9 Å². The van der Waals surface area contributed by atoms with Gasteiger partial charge in [-0.1, -0.05) is 11.1 Å². The number of aliphatic hydroxyl groups is 2. The molecule has 1 aromatic heterocycles. The smallest absolute Gasteiger partial charge is 0.492 e. The average molecular weight is 737 g/mol. The van der Waals surface area contributed by atoms with E-state index in [1.807, 2.05) is 0 Å². The van der Waals surface area contributed by atoms with Crippen molar-refractivity contribution in [2.45, 2.75) is 71.7 Å². The van der Waals surface area contributed by atoms with E-state index < -0.39 is 88.5 Å². The van der Waals surface area contributed by atoms with Crippen LogP contribution in [0.2, 0.25) is 0 Å². The van der Waals surface area contributed by atoms with Crippen LogP contribution in [0.1, 0.15) is 48.2 Å². The predicted molar refractivity (Wildman–Crippen MR) is 166 cm³/mol. The van der Waals surface area contributed by atoms with Crippen LogP contribution < -0.4 is 25.1 Å². The van der Waals surface area contributed by atoms with Crippen molar-refractivity contribution < 1.29 is 64.8 Å². The Labute approximate surface area is 285 Å². The molecule has 51 heavy (non-hydrogen) atoms. The second-order valence-corrected chi connectivity index (χ2v) is 11.9. The number of carbonyl (C=O) groups is 2. The van der Waals surface area contributed by atoms with E-state index >= 15 is 4.39 Å². The minimum absolute atomic E-state index is 0.00533. The van der Waals surface area contributed by atoms with Gasteiger partial charge in [0.15, 0.2) is 11.6 Å². The van der Waals surface area contributed by atoms with Gasteiger partial charge in [0.2, 0.25) is 5.43 Å². The quantitative estimate of drug-likeness (QED) is 0.146. The van der Waals surface area contributed by atoms with Gasteiger partial charge in [-0.15, -0.1) is 13.2 Å². The number of piperidine rings is 1. The van der Waals surface area contributed by atoms with E-state index in [2.05, 4.69) is 10.1 Å². The number of halogens is 7. The average Bonchev–Trinajstić information content (AvgIpc) is 3.02. The lowest BCUT2D eigenvalue weighted by Crippen LogP contribution is -2.45. The molecule has 1 aliphatic heterocycles. The molecule has 0 spiro atoms. The maximum Gasteiger partial charge on any atom is 0.573 e. The van der Waals surface area contributed by atoms with E-state index in [0.717, 1.165) is 19.2 Å². The number of anilines is 1. The van der Waals surface area contributed by atoms with Gasteiger partial charge in [-0.2, -0.15) is 13.2 Å². The number of ether oxygens (including phenoxy) is 2. The zero-order valence-corrected chi connectivity index (χ0v) is 27.7. The minimum atomic E-state index is -4.94. The number of nitrogens with one attached hydrogen (secondary N) is 1. The first-order valence-electron chi connectivity index (χ1n) is 15.5. The molecule has 1 amide bonds. The second kappa shape index (κ2) is 15.3. The van der Waals surface area contributed by atoms with Gasteiger partial charge in [-0.05, 0) is 62.9 Å². The maximum absolute atomic E-state index is 15.9. The van der Waals surface area contributed by atoms with Crippen molar-refractivity contribution in [2.75, 3.05) is 25.1 Å². The Morgan fingerprint density at radius 3 is 2.22 bits per heavy atom. The Balaban J connectivity index is 1.66. The largest absolute Gasteiger partial charge is 0.573 e. The summed E-state index contributed by atoms with van der Waals surface area (Å²) in [4.78, 5) is 46.0. The monoisotopic (exact) mass is 736 g/mol. The summed E-state index contributed by atoms with van der Waals surface area (Å²) in [5, 5.41) is 22.0. The van der Waals surface area contributed by atoms with Gasteiger partial charge >= 0.3 is 18.5 Å². The van der Waals surface area contributed by atoms with Crippen LogP contribution in [-0.4, -0.2) is 76.9 Å². The van der Waals surface area contributed by atoms with Crippen LogP contribution >= 0.6 is 0 Å². The van der Waals surface area contributed by atoms with Crippen LogP contribution in [0, 0.1) is 18.7 Å². The van der Waals surface area contributed by atoms with Crippen molar-refractivity contribution in [1.29, 1.82) is 0 Å². The molecule has 2 heterocycles. The first-order chi connectivity index (χ1) is 23.7. The van der Waals surface area contributed by atoms with Gasteiger partial charge in [0.25, 0.3) is 5.91 Å². The molecule has 0 saturated carbocycles. The number of hydrogen-bond donors (Lipinski definition) is 3. The molecule has 2 aromatic carbocycles. The van der Waals surface area contributed by atoms with E-state index in [0.29, 0.717) is 27.5 Å². The molecular weight excluding hydrogens is 701 g/mol. The number of methoxy groups -OCH3 is 1. The van der Waals surface area contributed by atoms with E-state index in [-0.39, 0.29) is 43.7 Å². The molecule has 1 fully saturated rings. The molecular formula is C32H35F7N4O8. The highest BCUT2D eigenvalue weighted by Gasteiger charge is 2.35. The van der Waals surface area contributed by atoms with Gasteiger partial charge in [0, 0.05) is 25.8 Å². The van der Waals surface area contributed by atoms with E-state index in [1.54, 1.807) is 0 Å². The van der Waals surface area contributed by atoms with Gasteiger partial charge < -0.3 is 39.3 Å². The number of rotatable bonds is 11. The number of benzene rings is 2. The molecule has 2 atom stereocenters. The number of alkyl halides is 6. The third-order valence-corrected chi connectivity index (χ3v) is 8.11. The molecule has 3 N–H and O–H groups in total. The Kier molecular flexibility index (Phi) is 11.8.